The first-order chi connectivity index (χ1) is 8.72. The summed E-state index contributed by atoms with van der Waals surface area (Å²) in [5.41, 5.74) is 3.65. The summed E-state index contributed by atoms with van der Waals surface area (Å²) in [7, 11) is 0. The highest BCUT2D eigenvalue weighted by Gasteiger charge is 2.22. The van der Waals surface area contributed by atoms with E-state index in [2.05, 4.69) is 29.4 Å². The van der Waals surface area contributed by atoms with E-state index in [1.807, 2.05) is 12.4 Å². The summed E-state index contributed by atoms with van der Waals surface area (Å²) in [5.74, 6) is 0. The van der Waals surface area contributed by atoms with Gasteiger partial charge in [0.2, 0.25) is 0 Å². The van der Waals surface area contributed by atoms with Crippen LogP contribution in [0.1, 0.15) is 34.9 Å². The Bertz CT molecular complexity index is 565. The number of nitrogens with one attached hydrogen (secondary N) is 1. The molecule has 3 rings (SSSR count). The van der Waals surface area contributed by atoms with Crippen molar-refractivity contribution in [2.45, 2.75) is 32.2 Å². The van der Waals surface area contributed by atoms with Gasteiger partial charge in [0.25, 0.3) is 0 Å². The molecule has 0 saturated heterocycles. The number of pyridine rings is 1. The third kappa shape index (κ3) is 2.38. The van der Waals surface area contributed by atoms with E-state index in [0.29, 0.717) is 6.04 Å². The fraction of sp³-hybridized carbons (Fsp3) is 0.357. The number of fused-ring (bicyclic) bond motifs is 1. The third-order valence-corrected chi connectivity index (χ3v) is 4.64. The average molecular weight is 279 g/mol. The molecule has 0 spiro atoms. The molecule has 1 aliphatic rings. The molecule has 0 saturated carbocycles. The number of nitrogens with zero attached hydrogens (tertiary/aromatic N) is 1. The fourth-order valence-electron chi connectivity index (χ4n) is 2.51. The van der Waals surface area contributed by atoms with Gasteiger partial charge in [0.15, 0.2) is 0 Å². The van der Waals surface area contributed by atoms with Crippen molar-refractivity contribution in [2.75, 3.05) is 5.32 Å². The maximum absolute atomic E-state index is 6.12. The number of hydrogen-bond acceptors (Lipinski definition) is 3. The second-order valence-corrected chi connectivity index (χ2v) is 6.54. The predicted octanol–water partition coefficient (Wildman–Crippen LogP) is 4.59. The molecule has 0 aliphatic heterocycles. The van der Waals surface area contributed by atoms with Gasteiger partial charge in [0, 0.05) is 17.3 Å². The molecule has 1 atom stereocenters. The molecule has 1 unspecified atom stereocenters. The van der Waals surface area contributed by atoms with Crippen LogP contribution in [0.3, 0.4) is 0 Å². The predicted molar refractivity (Wildman–Crippen MR) is 77.6 cm³/mol. The van der Waals surface area contributed by atoms with Crippen molar-refractivity contribution < 1.29 is 0 Å². The minimum Gasteiger partial charge on any atom is -0.377 e. The van der Waals surface area contributed by atoms with Crippen LogP contribution in [0.25, 0.3) is 0 Å². The van der Waals surface area contributed by atoms with Gasteiger partial charge in [0.05, 0.1) is 16.1 Å². The van der Waals surface area contributed by atoms with Gasteiger partial charge >= 0.3 is 0 Å². The van der Waals surface area contributed by atoms with Crippen LogP contribution in [0.15, 0.2) is 24.5 Å². The van der Waals surface area contributed by atoms with Crippen molar-refractivity contribution in [1.82, 2.24) is 4.98 Å². The zero-order valence-electron chi connectivity index (χ0n) is 10.2. The van der Waals surface area contributed by atoms with Gasteiger partial charge in [-0.3, -0.25) is 4.98 Å². The highest BCUT2D eigenvalue weighted by atomic mass is 35.5. The number of aromatic nitrogens is 1. The van der Waals surface area contributed by atoms with Crippen molar-refractivity contribution in [1.29, 1.82) is 0 Å². The van der Waals surface area contributed by atoms with E-state index >= 15 is 0 Å². The van der Waals surface area contributed by atoms with E-state index in [1.165, 1.54) is 22.4 Å². The SMILES string of the molecule is Cc1cncc(NC2CCCc3sc(Cl)cc32)c1. The zero-order valence-corrected chi connectivity index (χ0v) is 11.8. The second-order valence-electron chi connectivity index (χ2n) is 4.77. The molecular formula is C14H15ClN2S. The lowest BCUT2D eigenvalue weighted by atomic mass is 9.94. The van der Waals surface area contributed by atoms with E-state index in [4.69, 9.17) is 11.6 Å². The Morgan fingerprint density at radius 3 is 3.11 bits per heavy atom. The number of aryl methyl sites for hydroxylation is 2. The van der Waals surface area contributed by atoms with Gasteiger partial charge in [0.1, 0.15) is 0 Å². The summed E-state index contributed by atoms with van der Waals surface area (Å²) in [4.78, 5) is 5.66. The van der Waals surface area contributed by atoms with Crippen LogP contribution in [0.5, 0.6) is 0 Å². The van der Waals surface area contributed by atoms with Crippen LogP contribution in [0.2, 0.25) is 4.34 Å². The normalized spacial score (nSPS) is 18.4. The molecular weight excluding hydrogens is 264 g/mol. The number of hydrogen-bond donors (Lipinski definition) is 1. The first-order valence-electron chi connectivity index (χ1n) is 6.18. The van der Waals surface area contributed by atoms with Gasteiger partial charge in [-0.2, -0.15) is 0 Å². The Morgan fingerprint density at radius 1 is 1.39 bits per heavy atom. The monoisotopic (exact) mass is 278 g/mol. The van der Waals surface area contributed by atoms with Crippen LogP contribution >= 0.6 is 22.9 Å². The number of rotatable bonds is 2. The first kappa shape index (κ1) is 12.0. The number of halogens is 1. The van der Waals surface area contributed by atoms with E-state index < -0.39 is 0 Å². The van der Waals surface area contributed by atoms with Crippen LogP contribution in [0.4, 0.5) is 5.69 Å². The van der Waals surface area contributed by atoms with Gasteiger partial charge < -0.3 is 5.32 Å². The Balaban J connectivity index is 1.86. The summed E-state index contributed by atoms with van der Waals surface area (Å²) in [6.45, 7) is 2.06. The highest BCUT2D eigenvalue weighted by molar-refractivity contribution is 7.16. The summed E-state index contributed by atoms with van der Waals surface area (Å²) in [5, 5.41) is 3.58. The fourth-order valence-corrected chi connectivity index (χ4v) is 3.89. The van der Waals surface area contributed by atoms with Gasteiger partial charge in [-0.15, -0.1) is 11.3 Å². The first-order valence-corrected chi connectivity index (χ1v) is 7.38. The molecule has 2 aromatic rings. The molecule has 0 amide bonds. The summed E-state index contributed by atoms with van der Waals surface area (Å²) >= 11 is 7.84. The lowest BCUT2D eigenvalue weighted by Crippen LogP contribution is -2.15. The Labute approximate surface area is 116 Å². The van der Waals surface area contributed by atoms with E-state index in [1.54, 1.807) is 11.3 Å². The van der Waals surface area contributed by atoms with Crippen molar-refractivity contribution in [2.24, 2.45) is 0 Å². The molecule has 4 heteroatoms. The number of anilines is 1. The van der Waals surface area contributed by atoms with Gasteiger partial charge in [-0.05, 0) is 49.4 Å². The molecule has 0 aromatic carbocycles. The van der Waals surface area contributed by atoms with Crippen molar-refractivity contribution in [3.8, 4) is 0 Å². The van der Waals surface area contributed by atoms with Gasteiger partial charge in [-0.1, -0.05) is 11.6 Å². The lowest BCUT2D eigenvalue weighted by molar-refractivity contribution is 0.608. The Morgan fingerprint density at radius 2 is 2.28 bits per heavy atom. The maximum Gasteiger partial charge on any atom is 0.0934 e. The number of thiophene rings is 1. The van der Waals surface area contributed by atoms with Gasteiger partial charge in [-0.25, -0.2) is 0 Å². The summed E-state index contributed by atoms with van der Waals surface area (Å²) < 4.78 is 0.899. The molecule has 2 nitrogen and oxygen atoms in total. The summed E-state index contributed by atoms with van der Waals surface area (Å²) in [6.07, 6.45) is 7.31. The van der Waals surface area contributed by atoms with Crippen LogP contribution in [-0.4, -0.2) is 4.98 Å². The quantitative estimate of drug-likeness (QED) is 0.869. The molecule has 1 N–H and O–H groups in total. The van der Waals surface area contributed by atoms with Crippen molar-refractivity contribution >= 4 is 28.6 Å². The smallest absolute Gasteiger partial charge is 0.0934 e. The van der Waals surface area contributed by atoms with E-state index in [9.17, 15) is 0 Å². The van der Waals surface area contributed by atoms with Crippen LogP contribution in [0, 0.1) is 6.92 Å². The molecule has 18 heavy (non-hydrogen) atoms. The Hall–Kier alpha value is -1.06. The standard InChI is InChI=1S/C14H15ClN2S/c1-9-5-10(8-16-7-9)17-12-3-2-4-13-11(12)6-14(15)18-13/h5-8,12,17H,2-4H2,1H3. The lowest BCUT2D eigenvalue weighted by Gasteiger charge is -2.24. The molecule has 2 aromatic heterocycles. The van der Waals surface area contributed by atoms with E-state index in [0.717, 1.165) is 22.9 Å². The summed E-state index contributed by atoms with van der Waals surface area (Å²) in [6, 6.07) is 4.62. The highest BCUT2D eigenvalue weighted by Crippen LogP contribution is 2.39. The molecule has 94 valence electrons. The maximum atomic E-state index is 6.12. The second kappa shape index (κ2) is 4.90. The largest absolute Gasteiger partial charge is 0.377 e. The molecule has 0 bridgehead atoms. The van der Waals surface area contributed by atoms with E-state index in [-0.39, 0.29) is 0 Å². The average Bonchev–Trinajstić information content (AvgIpc) is 2.71. The minimum atomic E-state index is 0.376. The van der Waals surface area contributed by atoms with Crippen molar-refractivity contribution in [3.05, 3.63) is 44.9 Å². The molecule has 1 aliphatic carbocycles. The molecule has 0 radical (unpaired) electrons. The molecule has 2 heterocycles. The van der Waals surface area contributed by atoms with Crippen LogP contribution in [-0.2, 0) is 6.42 Å². The molecule has 0 fully saturated rings. The van der Waals surface area contributed by atoms with Crippen LogP contribution < -0.4 is 5.32 Å². The minimum absolute atomic E-state index is 0.376. The third-order valence-electron chi connectivity index (χ3n) is 3.30. The topological polar surface area (TPSA) is 24.9 Å². The Kier molecular flexibility index (Phi) is 3.27. The van der Waals surface area contributed by atoms with Crippen molar-refractivity contribution in [3.63, 3.8) is 0 Å². The zero-order chi connectivity index (χ0) is 12.5.